The second-order valence-corrected chi connectivity index (χ2v) is 10.9. The van der Waals surface area contributed by atoms with E-state index in [0.717, 1.165) is 56.7 Å². The van der Waals surface area contributed by atoms with E-state index in [1.54, 1.807) is 0 Å². The Morgan fingerprint density at radius 3 is 2.44 bits per heavy atom. The number of carbonyl (C=O) groups excluding carboxylic acids is 1. The normalized spacial score (nSPS) is 21.6. The Bertz CT molecular complexity index is 1190. The third-order valence-corrected chi connectivity index (χ3v) is 7.90. The van der Waals surface area contributed by atoms with Crippen molar-refractivity contribution in [3.8, 4) is 11.3 Å². The summed E-state index contributed by atoms with van der Waals surface area (Å²) < 4.78 is 0. The molecule has 1 atom stereocenters. The zero-order chi connectivity index (χ0) is 24.0. The second kappa shape index (κ2) is 8.84. The van der Waals surface area contributed by atoms with E-state index < -0.39 is 0 Å². The highest BCUT2D eigenvalue weighted by Gasteiger charge is 2.40. The number of hydrogen-bond donors (Lipinski definition) is 2. The van der Waals surface area contributed by atoms with Crippen molar-refractivity contribution in [3.05, 3.63) is 52.8 Å². The quantitative estimate of drug-likeness (QED) is 0.518. The van der Waals surface area contributed by atoms with Crippen LogP contribution < -0.4 is 5.32 Å². The number of amides is 1. The predicted molar refractivity (Wildman–Crippen MR) is 139 cm³/mol. The summed E-state index contributed by atoms with van der Waals surface area (Å²) in [7, 11) is 0. The molecule has 3 aromatic rings. The Hall–Kier alpha value is -2.66. The van der Waals surface area contributed by atoms with Crippen molar-refractivity contribution in [1.82, 2.24) is 20.2 Å². The van der Waals surface area contributed by atoms with Gasteiger partial charge < -0.3 is 15.2 Å². The molecule has 5 heteroatoms. The van der Waals surface area contributed by atoms with Gasteiger partial charge in [0.1, 0.15) is 0 Å². The first kappa shape index (κ1) is 23.1. The number of pyridine rings is 1. The number of hydrogen-bond acceptors (Lipinski definition) is 3. The Morgan fingerprint density at radius 1 is 1.12 bits per heavy atom. The van der Waals surface area contributed by atoms with Crippen LogP contribution in [-0.2, 0) is 4.79 Å². The number of likely N-dealkylation sites (tertiary alicyclic amines) is 1. The summed E-state index contributed by atoms with van der Waals surface area (Å²) in [6.45, 7) is 13.4. The molecule has 4 heterocycles. The van der Waals surface area contributed by atoms with E-state index in [2.05, 4.69) is 85.1 Å². The van der Waals surface area contributed by atoms with Gasteiger partial charge in [-0.15, -0.1) is 0 Å². The van der Waals surface area contributed by atoms with Gasteiger partial charge in [0.15, 0.2) is 0 Å². The summed E-state index contributed by atoms with van der Waals surface area (Å²) in [5, 5.41) is 4.76. The van der Waals surface area contributed by atoms with Crippen molar-refractivity contribution >= 4 is 16.8 Å². The lowest BCUT2D eigenvalue weighted by Gasteiger charge is -2.37. The van der Waals surface area contributed by atoms with Crippen LogP contribution in [0, 0.1) is 13.8 Å². The molecule has 2 aromatic heterocycles. The average molecular weight is 459 g/mol. The number of rotatable bonds is 4. The molecule has 2 N–H and O–H groups in total. The van der Waals surface area contributed by atoms with E-state index in [1.165, 1.54) is 33.3 Å². The smallest absolute Gasteiger partial charge is 0.242 e. The summed E-state index contributed by atoms with van der Waals surface area (Å²) in [6, 6.07) is 11.3. The number of aromatic amines is 1. The van der Waals surface area contributed by atoms with Crippen molar-refractivity contribution in [1.29, 1.82) is 0 Å². The monoisotopic (exact) mass is 458 g/mol. The van der Waals surface area contributed by atoms with Crippen molar-refractivity contribution < 1.29 is 4.79 Å². The zero-order valence-electron chi connectivity index (χ0n) is 21.3. The van der Waals surface area contributed by atoms with Crippen LogP contribution in [0.15, 0.2) is 30.3 Å². The van der Waals surface area contributed by atoms with Gasteiger partial charge in [0.25, 0.3) is 0 Å². The van der Waals surface area contributed by atoms with Crippen molar-refractivity contribution in [3.63, 3.8) is 0 Å². The summed E-state index contributed by atoms with van der Waals surface area (Å²) >= 11 is 0. The molecule has 5 nitrogen and oxygen atoms in total. The van der Waals surface area contributed by atoms with Crippen molar-refractivity contribution in [2.24, 2.45) is 0 Å². The third kappa shape index (κ3) is 4.15. The van der Waals surface area contributed by atoms with Gasteiger partial charge in [-0.05, 0) is 100 Å². The molecule has 2 aliphatic heterocycles. The molecule has 2 saturated heterocycles. The molecule has 180 valence electrons. The molecular formula is C29H38N4O. The van der Waals surface area contributed by atoms with Gasteiger partial charge in [0.05, 0.1) is 11.2 Å². The van der Waals surface area contributed by atoms with Crippen LogP contribution >= 0.6 is 0 Å². The highest BCUT2D eigenvalue weighted by molar-refractivity contribution is 5.92. The van der Waals surface area contributed by atoms with Gasteiger partial charge in [-0.2, -0.15) is 0 Å². The maximum atomic E-state index is 13.1. The lowest BCUT2D eigenvalue weighted by Crippen LogP contribution is -2.54. The number of benzene rings is 1. The Morgan fingerprint density at radius 2 is 1.82 bits per heavy atom. The Balaban J connectivity index is 1.41. The first-order valence-electron chi connectivity index (χ1n) is 12.9. The minimum Gasteiger partial charge on any atom is -0.354 e. The molecule has 0 radical (unpaired) electrons. The summed E-state index contributed by atoms with van der Waals surface area (Å²) in [5.74, 6) is 1.20. The van der Waals surface area contributed by atoms with Gasteiger partial charge >= 0.3 is 0 Å². The van der Waals surface area contributed by atoms with Crippen LogP contribution in [0.5, 0.6) is 0 Å². The lowest BCUT2D eigenvalue weighted by atomic mass is 9.86. The van der Waals surface area contributed by atoms with Crippen LogP contribution in [-0.4, -0.2) is 45.9 Å². The Kier molecular flexibility index (Phi) is 6.01. The fraction of sp³-hybridized carbons (Fsp3) is 0.517. The SMILES string of the molecule is Cc1cc(-c2[nH]c3ccc(C4CCN(C(=O)[C@@]5(C)CCCN5)CC4)cc3c2C(C)C)cc(C)n1. The molecule has 2 fully saturated rings. The van der Waals surface area contributed by atoms with E-state index in [-0.39, 0.29) is 5.54 Å². The molecule has 0 spiro atoms. The van der Waals surface area contributed by atoms with Crippen LogP contribution in [0.4, 0.5) is 0 Å². The summed E-state index contributed by atoms with van der Waals surface area (Å²) in [4.78, 5) is 23.5. The van der Waals surface area contributed by atoms with Gasteiger partial charge in [-0.25, -0.2) is 0 Å². The standard InChI is InChI=1S/C29H38N4O/c1-18(2)26-24-17-22(7-8-25(24)32-27(26)23-15-19(3)31-20(4)16-23)21-9-13-33(14-10-21)28(34)29(5)11-6-12-30-29/h7-8,15-18,21,30,32H,6,9-14H2,1-5H3/t29-/m1/s1. The highest BCUT2D eigenvalue weighted by atomic mass is 16.2. The Labute approximate surface area is 203 Å². The fourth-order valence-corrected chi connectivity index (χ4v) is 6.13. The number of piperidine rings is 1. The number of fused-ring (bicyclic) bond motifs is 1. The number of carbonyl (C=O) groups is 1. The maximum absolute atomic E-state index is 13.1. The average Bonchev–Trinajstić information content (AvgIpc) is 3.42. The lowest BCUT2D eigenvalue weighted by molar-refractivity contribution is -0.138. The van der Waals surface area contributed by atoms with Crippen LogP contribution in [0.2, 0.25) is 0 Å². The highest BCUT2D eigenvalue weighted by Crippen LogP contribution is 2.39. The third-order valence-electron chi connectivity index (χ3n) is 7.90. The fourth-order valence-electron chi connectivity index (χ4n) is 6.13. The number of nitrogens with one attached hydrogen (secondary N) is 2. The number of nitrogens with zero attached hydrogens (tertiary/aromatic N) is 2. The minimum atomic E-state index is -0.358. The topological polar surface area (TPSA) is 61.0 Å². The summed E-state index contributed by atoms with van der Waals surface area (Å²) in [5.41, 5.74) is 8.15. The van der Waals surface area contributed by atoms with E-state index in [4.69, 9.17) is 0 Å². The maximum Gasteiger partial charge on any atom is 0.242 e. The summed E-state index contributed by atoms with van der Waals surface area (Å²) in [6.07, 6.45) is 4.11. The van der Waals surface area contributed by atoms with Crippen molar-refractivity contribution in [2.45, 2.75) is 77.7 Å². The van der Waals surface area contributed by atoms with Gasteiger partial charge in [0, 0.05) is 40.9 Å². The van der Waals surface area contributed by atoms with E-state index in [0.29, 0.717) is 17.7 Å². The zero-order valence-corrected chi connectivity index (χ0v) is 21.3. The van der Waals surface area contributed by atoms with Gasteiger partial charge in [-0.1, -0.05) is 19.9 Å². The molecule has 0 bridgehead atoms. The first-order chi connectivity index (χ1) is 16.2. The molecular weight excluding hydrogens is 420 g/mol. The number of aromatic nitrogens is 2. The van der Waals surface area contributed by atoms with Crippen LogP contribution in [0.25, 0.3) is 22.2 Å². The molecule has 0 unspecified atom stereocenters. The molecule has 5 rings (SSSR count). The van der Waals surface area contributed by atoms with E-state index in [9.17, 15) is 4.79 Å². The molecule has 0 aliphatic carbocycles. The van der Waals surface area contributed by atoms with Crippen LogP contribution in [0.3, 0.4) is 0 Å². The molecule has 0 saturated carbocycles. The van der Waals surface area contributed by atoms with E-state index >= 15 is 0 Å². The molecule has 1 amide bonds. The van der Waals surface area contributed by atoms with Gasteiger partial charge in [-0.3, -0.25) is 9.78 Å². The number of aryl methyl sites for hydroxylation is 2. The molecule has 1 aromatic carbocycles. The molecule has 2 aliphatic rings. The molecule has 34 heavy (non-hydrogen) atoms. The van der Waals surface area contributed by atoms with E-state index in [1.807, 2.05) is 0 Å². The van der Waals surface area contributed by atoms with Gasteiger partial charge in [0.2, 0.25) is 5.91 Å². The largest absolute Gasteiger partial charge is 0.354 e. The predicted octanol–water partition coefficient (Wildman–Crippen LogP) is 5.82. The minimum absolute atomic E-state index is 0.291. The number of H-pyrrole nitrogens is 1. The second-order valence-electron chi connectivity index (χ2n) is 10.9. The van der Waals surface area contributed by atoms with Crippen LogP contribution in [0.1, 0.15) is 80.8 Å². The van der Waals surface area contributed by atoms with Crippen molar-refractivity contribution in [2.75, 3.05) is 19.6 Å². The first-order valence-corrected chi connectivity index (χ1v) is 12.9.